The van der Waals surface area contributed by atoms with Crippen molar-refractivity contribution in [3.63, 3.8) is 0 Å². The fraction of sp³-hybridized carbons (Fsp3) is 0.300. The lowest BCUT2D eigenvalue weighted by Crippen LogP contribution is -2.39. The van der Waals surface area contributed by atoms with Crippen molar-refractivity contribution in [3.05, 3.63) is 65.2 Å². The Morgan fingerprint density at radius 2 is 2.00 bits per heavy atom. The van der Waals surface area contributed by atoms with Crippen LogP contribution in [0.3, 0.4) is 0 Å². The van der Waals surface area contributed by atoms with Crippen LogP contribution >= 0.6 is 0 Å². The Balaban J connectivity index is 1.25. The van der Waals surface area contributed by atoms with Gasteiger partial charge in [0.05, 0.1) is 23.4 Å². The Hall–Kier alpha value is -3.82. The van der Waals surface area contributed by atoms with E-state index in [0.717, 1.165) is 36.7 Å². The van der Waals surface area contributed by atoms with E-state index in [4.69, 9.17) is 0 Å². The average Bonchev–Trinajstić information content (AvgIpc) is 3.46. The summed E-state index contributed by atoms with van der Waals surface area (Å²) in [6, 6.07) is 8.62. The summed E-state index contributed by atoms with van der Waals surface area (Å²) in [4.78, 5) is 36.1. The zero-order valence-electron chi connectivity index (χ0n) is 16.1. The van der Waals surface area contributed by atoms with E-state index in [0.29, 0.717) is 11.4 Å². The number of carbonyl (C=O) groups excluding carboxylic acids is 1. The van der Waals surface area contributed by atoms with Gasteiger partial charge in [-0.1, -0.05) is 0 Å². The number of aromatic amines is 1. The number of nitrogens with one attached hydrogen (secondary N) is 2. The van der Waals surface area contributed by atoms with Gasteiger partial charge in [-0.05, 0) is 49.9 Å². The molecule has 0 bridgehead atoms. The SMILES string of the molecule is O=C(NC1CCC(n2nc(-n3cncn3)ccc2=O)CC1)c1ccc2nc[nH]c2c1. The molecule has 2 N–H and O–H groups in total. The highest BCUT2D eigenvalue weighted by molar-refractivity contribution is 5.97. The van der Waals surface area contributed by atoms with Gasteiger partial charge in [0.2, 0.25) is 0 Å². The second-order valence-corrected chi connectivity index (χ2v) is 7.43. The van der Waals surface area contributed by atoms with Gasteiger partial charge in [0.1, 0.15) is 12.7 Å². The standard InChI is InChI=1S/C20H20N8O2/c29-19-8-7-18(27-12-21-10-24-27)26-28(19)15-4-2-14(3-5-15)25-20(30)13-1-6-16-17(9-13)23-11-22-16/h1,6-12,14-15H,2-5H2,(H,22,23)(H,25,30). The molecule has 152 valence electrons. The van der Waals surface area contributed by atoms with Crippen molar-refractivity contribution in [3.8, 4) is 5.82 Å². The number of hydrogen-bond acceptors (Lipinski definition) is 6. The van der Waals surface area contributed by atoms with Crippen molar-refractivity contribution >= 4 is 16.9 Å². The molecule has 0 radical (unpaired) electrons. The van der Waals surface area contributed by atoms with Crippen LogP contribution in [0, 0.1) is 0 Å². The molecule has 10 nitrogen and oxygen atoms in total. The molecule has 0 aliphatic heterocycles. The van der Waals surface area contributed by atoms with Crippen molar-refractivity contribution < 1.29 is 4.79 Å². The van der Waals surface area contributed by atoms with Gasteiger partial charge in [0.15, 0.2) is 5.82 Å². The molecule has 1 aromatic carbocycles. The number of imidazole rings is 1. The van der Waals surface area contributed by atoms with E-state index in [2.05, 4.69) is 30.5 Å². The summed E-state index contributed by atoms with van der Waals surface area (Å²) in [5, 5.41) is 11.6. The molecule has 3 heterocycles. The van der Waals surface area contributed by atoms with E-state index in [-0.39, 0.29) is 23.6 Å². The fourth-order valence-electron chi connectivity index (χ4n) is 3.94. The number of benzene rings is 1. The number of rotatable bonds is 4. The third kappa shape index (κ3) is 3.47. The second kappa shape index (κ2) is 7.54. The zero-order chi connectivity index (χ0) is 20.5. The van der Waals surface area contributed by atoms with E-state index in [1.165, 1.54) is 21.8 Å². The summed E-state index contributed by atoms with van der Waals surface area (Å²) in [7, 11) is 0. The Kier molecular flexibility index (Phi) is 4.58. The van der Waals surface area contributed by atoms with Crippen LogP contribution in [0.5, 0.6) is 0 Å². The fourth-order valence-corrected chi connectivity index (χ4v) is 3.94. The Labute approximate surface area is 171 Å². The van der Waals surface area contributed by atoms with E-state index < -0.39 is 0 Å². The number of H-pyrrole nitrogens is 1. The zero-order valence-corrected chi connectivity index (χ0v) is 16.1. The Morgan fingerprint density at radius 1 is 1.13 bits per heavy atom. The summed E-state index contributed by atoms with van der Waals surface area (Å²) in [5.74, 6) is 0.454. The first kappa shape index (κ1) is 18.2. The lowest BCUT2D eigenvalue weighted by molar-refractivity contribution is 0.0921. The molecule has 1 aliphatic carbocycles. The molecule has 0 atom stereocenters. The molecule has 5 rings (SSSR count). The van der Waals surface area contributed by atoms with Gasteiger partial charge in [-0.3, -0.25) is 9.59 Å². The van der Waals surface area contributed by atoms with Crippen molar-refractivity contribution in [2.75, 3.05) is 0 Å². The van der Waals surface area contributed by atoms with Gasteiger partial charge in [-0.25, -0.2) is 19.3 Å². The topological polar surface area (TPSA) is 123 Å². The molecule has 4 aromatic rings. The van der Waals surface area contributed by atoms with Gasteiger partial charge in [-0.15, -0.1) is 5.10 Å². The number of carbonyl (C=O) groups is 1. The molecule has 1 saturated carbocycles. The highest BCUT2D eigenvalue weighted by Crippen LogP contribution is 2.27. The normalized spacial score (nSPS) is 19.1. The maximum absolute atomic E-state index is 12.6. The molecule has 10 heteroatoms. The van der Waals surface area contributed by atoms with Crippen LogP contribution in [0.25, 0.3) is 16.9 Å². The highest BCUT2D eigenvalue weighted by atomic mass is 16.1. The molecule has 0 spiro atoms. The minimum absolute atomic E-state index is 0.00420. The van der Waals surface area contributed by atoms with Crippen LogP contribution in [-0.2, 0) is 0 Å². The van der Waals surface area contributed by atoms with E-state index in [1.807, 2.05) is 12.1 Å². The first-order valence-electron chi connectivity index (χ1n) is 9.86. The molecule has 1 fully saturated rings. The summed E-state index contributed by atoms with van der Waals surface area (Å²) in [5.41, 5.74) is 2.13. The first-order chi connectivity index (χ1) is 14.7. The van der Waals surface area contributed by atoms with E-state index in [1.54, 1.807) is 24.8 Å². The maximum Gasteiger partial charge on any atom is 0.267 e. The van der Waals surface area contributed by atoms with Gasteiger partial charge in [0, 0.05) is 17.7 Å². The van der Waals surface area contributed by atoms with Gasteiger partial charge < -0.3 is 10.3 Å². The predicted octanol–water partition coefficient (Wildman–Crippen LogP) is 1.61. The van der Waals surface area contributed by atoms with Crippen molar-refractivity contribution in [2.45, 2.75) is 37.8 Å². The van der Waals surface area contributed by atoms with Gasteiger partial charge >= 0.3 is 0 Å². The lowest BCUT2D eigenvalue weighted by atomic mass is 9.91. The third-order valence-corrected chi connectivity index (χ3v) is 5.52. The average molecular weight is 404 g/mol. The molecule has 1 aliphatic rings. The van der Waals surface area contributed by atoms with Gasteiger partial charge in [-0.2, -0.15) is 5.10 Å². The summed E-state index contributed by atoms with van der Waals surface area (Å²) >= 11 is 0. The first-order valence-corrected chi connectivity index (χ1v) is 9.86. The van der Waals surface area contributed by atoms with Crippen LogP contribution in [0.4, 0.5) is 0 Å². The molecule has 30 heavy (non-hydrogen) atoms. The second-order valence-electron chi connectivity index (χ2n) is 7.43. The third-order valence-electron chi connectivity index (χ3n) is 5.52. The quantitative estimate of drug-likeness (QED) is 0.533. The smallest absolute Gasteiger partial charge is 0.267 e. The summed E-state index contributed by atoms with van der Waals surface area (Å²) in [6.45, 7) is 0. The summed E-state index contributed by atoms with van der Waals surface area (Å²) in [6.07, 6.45) is 7.67. The minimum atomic E-state index is -0.140. The number of fused-ring (bicyclic) bond motifs is 1. The molecule has 0 saturated heterocycles. The Bertz CT molecular complexity index is 1240. The molecule has 3 aromatic heterocycles. The molecular weight excluding hydrogens is 384 g/mol. The van der Waals surface area contributed by atoms with Crippen molar-refractivity contribution in [2.24, 2.45) is 0 Å². The number of aromatic nitrogens is 7. The monoisotopic (exact) mass is 404 g/mol. The largest absolute Gasteiger partial charge is 0.349 e. The summed E-state index contributed by atoms with van der Waals surface area (Å²) < 4.78 is 3.06. The van der Waals surface area contributed by atoms with Crippen molar-refractivity contribution in [1.82, 2.24) is 39.8 Å². The number of nitrogens with zero attached hydrogens (tertiary/aromatic N) is 6. The van der Waals surface area contributed by atoms with Crippen molar-refractivity contribution in [1.29, 1.82) is 0 Å². The van der Waals surface area contributed by atoms with Crippen LogP contribution in [-0.4, -0.2) is 46.5 Å². The number of hydrogen-bond donors (Lipinski definition) is 2. The van der Waals surface area contributed by atoms with Crippen LogP contribution < -0.4 is 10.9 Å². The van der Waals surface area contributed by atoms with Gasteiger partial charge in [0.25, 0.3) is 11.5 Å². The predicted molar refractivity (Wildman–Crippen MR) is 108 cm³/mol. The van der Waals surface area contributed by atoms with E-state index >= 15 is 0 Å². The highest BCUT2D eigenvalue weighted by Gasteiger charge is 2.25. The van der Waals surface area contributed by atoms with E-state index in [9.17, 15) is 9.59 Å². The molecule has 1 amide bonds. The number of amides is 1. The van der Waals surface area contributed by atoms with Crippen LogP contribution in [0.2, 0.25) is 0 Å². The minimum Gasteiger partial charge on any atom is -0.349 e. The lowest BCUT2D eigenvalue weighted by Gasteiger charge is -2.29. The Morgan fingerprint density at radius 3 is 2.80 bits per heavy atom. The van der Waals surface area contributed by atoms with Crippen LogP contribution in [0.1, 0.15) is 42.1 Å². The van der Waals surface area contributed by atoms with Crippen LogP contribution in [0.15, 0.2) is 54.1 Å². The molecule has 0 unspecified atom stereocenters. The maximum atomic E-state index is 12.6. The molecular formula is C20H20N8O2.